The summed E-state index contributed by atoms with van der Waals surface area (Å²) in [6.45, 7) is 2.69. The van der Waals surface area contributed by atoms with E-state index in [0.717, 1.165) is 4.47 Å². The van der Waals surface area contributed by atoms with Crippen LogP contribution in [0.1, 0.15) is 13.3 Å². The van der Waals surface area contributed by atoms with Crippen LogP contribution in [-0.2, 0) is 4.79 Å². The van der Waals surface area contributed by atoms with Gasteiger partial charge in [0.1, 0.15) is 0 Å². The average Bonchev–Trinajstić information content (AvgIpc) is 2.30. The number of aliphatic hydroxyl groups is 1. The summed E-state index contributed by atoms with van der Waals surface area (Å²) >= 11 is 3.35. The fraction of sp³-hybridized carbons (Fsp3) is 0.462. The Morgan fingerprint density at radius 3 is 2.84 bits per heavy atom. The molecule has 0 fully saturated rings. The molecule has 0 saturated heterocycles. The molecule has 0 bridgehead atoms. The van der Waals surface area contributed by atoms with Crippen LogP contribution in [0.3, 0.4) is 0 Å². The molecular weight excluding hydrogens is 310 g/mol. The summed E-state index contributed by atoms with van der Waals surface area (Å²) in [4.78, 5) is 13.7. The lowest BCUT2D eigenvalue weighted by atomic mass is 10.2. The molecule has 0 heterocycles. The normalized spacial score (nSPS) is 12.5. The number of anilines is 2. The third-order valence-electron chi connectivity index (χ3n) is 2.61. The second kappa shape index (κ2) is 7.47. The average molecular weight is 330 g/mol. The number of nitrogens with two attached hydrogens (primary N) is 1. The molecule has 0 aliphatic heterocycles. The zero-order valence-electron chi connectivity index (χ0n) is 11.2. The minimum absolute atomic E-state index is 0.0986. The van der Waals surface area contributed by atoms with Gasteiger partial charge in [0.05, 0.1) is 18.3 Å². The molecule has 5 nitrogen and oxygen atoms in total. The molecule has 0 radical (unpaired) electrons. The van der Waals surface area contributed by atoms with Gasteiger partial charge in [-0.15, -0.1) is 0 Å². The maximum atomic E-state index is 11.8. The summed E-state index contributed by atoms with van der Waals surface area (Å²) in [5, 5.41) is 12.0. The van der Waals surface area contributed by atoms with Crippen molar-refractivity contribution in [1.29, 1.82) is 0 Å². The van der Waals surface area contributed by atoms with Crippen LogP contribution in [0.25, 0.3) is 0 Å². The van der Waals surface area contributed by atoms with Crippen molar-refractivity contribution in [2.45, 2.75) is 19.4 Å². The molecule has 4 N–H and O–H groups in total. The van der Waals surface area contributed by atoms with E-state index >= 15 is 0 Å². The van der Waals surface area contributed by atoms with Gasteiger partial charge in [-0.1, -0.05) is 0 Å². The van der Waals surface area contributed by atoms with Crippen LogP contribution in [0, 0.1) is 0 Å². The van der Waals surface area contributed by atoms with Gasteiger partial charge in [0.15, 0.2) is 0 Å². The van der Waals surface area contributed by atoms with E-state index in [1.54, 1.807) is 25.1 Å². The van der Waals surface area contributed by atoms with Crippen molar-refractivity contribution in [3.63, 3.8) is 0 Å². The zero-order valence-corrected chi connectivity index (χ0v) is 12.8. The van der Waals surface area contributed by atoms with Gasteiger partial charge < -0.3 is 16.2 Å². The molecule has 0 aliphatic rings. The highest BCUT2D eigenvalue weighted by Crippen LogP contribution is 2.24. The van der Waals surface area contributed by atoms with E-state index in [4.69, 9.17) is 5.73 Å². The number of rotatable bonds is 6. The van der Waals surface area contributed by atoms with Crippen molar-refractivity contribution in [2.75, 3.05) is 31.2 Å². The summed E-state index contributed by atoms with van der Waals surface area (Å²) in [5.41, 5.74) is 6.97. The third kappa shape index (κ3) is 6.04. The molecule has 1 unspecified atom stereocenters. The highest BCUT2D eigenvalue weighted by atomic mass is 79.9. The lowest BCUT2D eigenvalue weighted by Crippen LogP contribution is -2.32. The standard InChI is InChI=1S/C13H20BrN3O2/c1-9(18)5-6-17(2)8-13(19)16-12-4-3-10(15)7-11(12)14/h3-4,7,9,18H,5-6,8,15H2,1-2H3,(H,16,19). The van der Waals surface area contributed by atoms with Gasteiger partial charge in [-0.2, -0.15) is 0 Å². The second-order valence-electron chi connectivity index (χ2n) is 4.66. The van der Waals surface area contributed by atoms with E-state index < -0.39 is 0 Å². The van der Waals surface area contributed by atoms with Crippen molar-refractivity contribution < 1.29 is 9.90 Å². The Hall–Kier alpha value is -1.11. The first kappa shape index (κ1) is 15.9. The fourth-order valence-corrected chi connectivity index (χ4v) is 2.05. The molecule has 1 rings (SSSR count). The van der Waals surface area contributed by atoms with E-state index in [1.165, 1.54) is 0 Å². The number of nitrogens with zero attached hydrogens (tertiary/aromatic N) is 1. The van der Waals surface area contributed by atoms with Crippen LogP contribution in [-0.4, -0.2) is 42.2 Å². The van der Waals surface area contributed by atoms with Gasteiger partial charge in [0, 0.05) is 16.7 Å². The molecule has 19 heavy (non-hydrogen) atoms. The Balaban J connectivity index is 2.46. The van der Waals surface area contributed by atoms with Gasteiger partial charge in [-0.3, -0.25) is 9.69 Å². The molecule has 106 valence electrons. The van der Waals surface area contributed by atoms with Crippen LogP contribution < -0.4 is 11.1 Å². The van der Waals surface area contributed by atoms with Gasteiger partial charge >= 0.3 is 0 Å². The Morgan fingerprint density at radius 2 is 2.26 bits per heavy atom. The Labute approximate surface area is 121 Å². The van der Waals surface area contributed by atoms with Gasteiger partial charge in [0.25, 0.3) is 0 Å². The topological polar surface area (TPSA) is 78.6 Å². The van der Waals surface area contributed by atoms with Crippen molar-refractivity contribution in [1.82, 2.24) is 4.90 Å². The van der Waals surface area contributed by atoms with Crippen LogP contribution >= 0.6 is 15.9 Å². The summed E-state index contributed by atoms with van der Waals surface area (Å²) in [6.07, 6.45) is 0.298. The maximum Gasteiger partial charge on any atom is 0.238 e. The van der Waals surface area contributed by atoms with Crippen LogP contribution in [0.15, 0.2) is 22.7 Å². The molecule has 0 aromatic heterocycles. The van der Waals surface area contributed by atoms with E-state index in [2.05, 4.69) is 21.2 Å². The number of halogens is 1. The van der Waals surface area contributed by atoms with E-state index in [0.29, 0.717) is 24.3 Å². The largest absolute Gasteiger partial charge is 0.399 e. The first-order valence-corrected chi connectivity index (χ1v) is 6.89. The van der Waals surface area contributed by atoms with Crippen LogP contribution in [0.4, 0.5) is 11.4 Å². The van der Waals surface area contributed by atoms with Crippen LogP contribution in [0.5, 0.6) is 0 Å². The van der Waals surface area contributed by atoms with Crippen molar-refractivity contribution in [3.8, 4) is 0 Å². The Kier molecular flexibility index (Phi) is 6.27. The Morgan fingerprint density at radius 1 is 1.58 bits per heavy atom. The highest BCUT2D eigenvalue weighted by Gasteiger charge is 2.09. The number of benzene rings is 1. The van der Waals surface area contributed by atoms with E-state index in [1.807, 2.05) is 11.9 Å². The van der Waals surface area contributed by atoms with E-state index in [-0.39, 0.29) is 18.6 Å². The van der Waals surface area contributed by atoms with Gasteiger partial charge in [-0.25, -0.2) is 0 Å². The third-order valence-corrected chi connectivity index (χ3v) is 3.27. The second-order valence-corrected chi connectivity index (χ2v) is 5.52. The molecule has 0 spiro atoms. The summed E-state index contributed by atoms with van der Waals surface area (Å²) < 4.78 is 0.757. The van der Waals surface area contributed by atoms with Crippen LogP contribution in [0.2, 0.25) is 0 Å². The molecule has 0 saturated carbocycles. The number of aliphatic hydroxyl groups excluding tert-OH is 1. The molecule has 1 atom stereocenters. The predicted molar refractivity (Wildman–Crippen MR) is 81.0 cm³/mol. The number of hydrogen-bond acceptors (Lipinski definition) is 4. The number of hydrogen-bond donors (Lipinski definition) is 3. The predicted octanol–water partition coefficient (Wildman–Crippen LogP) is 1.67. The van der Waals surface area contributed by atoms with Crippen molar-refractivity contribution in [2.24, 2.45) is 0 Å². The van der Waals surface area contributed by atoms with Gasteiger partial charge in [0.2, 0.25) is 5.91 Å². The number of amides is 1. The zero-order chi connectivity index (χ0) is 14.4. The summed E-state index contributed by atoms with van der Waals surface area (Å²) in [5.74, 6) is -0.0986. The summed E-state index contributed by atoms with van der Waals surface area (Å²) in [7, 11) is 1.85. The number of nitrogen functional groups attached to an aromatic ring is 1. The number of nitrogens with one attached hydrogen (secondary N) is 1. The SMILES string of the molecule is CC(O)CCN(C)CC(=O)Nc1ccc(N)cc1Br. The molecule has 6 heteroatoms. The number of carbonyl (C=O) groups excluding carboxylic acids is 1. The molecule has 1 aromatic carbocycles. The first-order chi connectivity index (χ1) is 8.88. The van der Waals surface area contributed by atoms with Crippen molar-refractivity contribution in [3.05, 3.63) is 22.7 Å². The molecular formula is C13H20BrN3O2. The smallest absolute Gasteiger partial charge is 0.238 e. The maximum absolute atomic E-state index is 11.8. The lowest BCUT2D eigenvalue weighted by Gasteiger charge is -2.17. The minimum Gasteiger partial charge on any atom is -0.399 e. The van der Waals surface area contributed by atoms with Crippen molar-refractivity contribution >= 4 is 33.2 Å². The first-order valence-electron chi connectivity index (χ1n) is 6.10. The molecule has 0 aliphatic carbocycles. The monoisotopic (exact) mass is 329 g/mol. The number of carbonyl (C=O) groups is 1. The molecule has 1 aromatic rings. The fourth-order valence-electron chi connectivity index (χ4n) is 1.55. The molecule has 1 amide bonds. The quantitative estimate of drug-likeness (QED) is 0.694. The number of likely N-dealkylation sites (N-methyl/N-ethyl adjacent to an activating group) is 1. The van der Waals surface area contributed by atoms with Gasteiger partial charge in [-0.05, 0) is 54.5 Å². The Bertz CT molecular complexity index is 438. The van der Waals surface area contributed by atoms with E-state index in [9.17, 15) is 9.90 Å². The lowest BCUT2D eigenvalue weighted by molar-refractivity contribution is -0.117. The minimum atomic E-state index is -0.350. The highest BCUT2D eigenvalue weighted by molar-refractivity contribution is 9.10. The summed E-state index contributed by atoms with van der Waals surface area (Å²) in [6, 6.07) is 5.23.